The van der Waals surface area contributed by atoms with Gasteiger partial charge in [-0.15, -0.1) is 0 Å². The second-order valence-electron chi connectivity index (χ2n) is 6.15. The number of aryl methyl sites for hydroxylation is 1. The summed E-state index contributed by atoms with van der Waals surface area (Å²) in [5, 5.41) is 8.99. The summed E-state index contributed by atoms with van der Waals surface area (Å²) in [6.45, 7) is 10.0. The molecule has 2 heterocycles. The van der Waals surface area contributed by atoms with Gasteiger partial charge < -0.3 is 10.0 Å². The molecule has 1 aromatic heterocycles. The highest BCUT2D eigenvalue weighted by Crippen LogP contribution is 2.30. The summed E-state index contributed by atoms with van der Waals surface area (Å²) in [5.41, 5.74) is 2.33. The van der Waals surface area contributed by atoms with Gasteiger partial charge >= 0.3 is 5.97 Å². The van der Waals surface area contributed by atoms with E-state index < -0.39 is 5.97 Å². The van der Waals surface area contributed by atoms with Gasteiger partial charge in [0.1, 0.15) is 0 Å². The molecule has 0 saturated heterocycles. The number of nitrogens with zero attached hydrogens (tertiary/aromatic N) is 3. The molecule has 1 aliphatic heterocycles. The molecule has 1 N–H and O–H groups in total. The van der Waals surface area contributed by atoms with Gasteiger partial charge in [-0.3, -0.25) is 0 Å². The minimum absolute atomic E-state index is 0.164. The normalized spacial score (nSPS) is 16.0. The van der Waals surface area contributed by atoms with Gasteiger partial charge in [-0.2, -0.15) is 0 Å². The molecule has 108 valence electrons. The van der Waals surface area contributed by atoms with Gasteiger partial charge in [-0.25, -0.2) is 14.8 Å². The van der Waals surface area contributed by atoms with Crippen LogP contribution in [-0.2, 0) is 0 Å². The monoisotopic (exact) mass is 275 g/mol. The average Bonchev–Trinajstić information content (AvgIpc) is 2.37. The van der Waals surface area contributed by atoms with E-state index in [0.29, 0.717) is 11.6 Å². The fourth-order valence-corrected chi connectivity index (χ4v) is 2.35. The van der Waals surface area contributed by atoms with Crippen LogP contribution in [0.1, 0.15) is 43.2 Å². The van der Waals surface area contributed by atoms with Crippen molar-refractivity contribution >= 4 is 11.9 Å². The second-order valence-corrected chi connectivity index (χ2v) is 6.15. The molecule has 5 nitrogen and oxygen atoms in total. The number of carbonyl (C=O) groups is 1. The van der Waals surface area contributed by atoms with Crippen molar-refractivity contribution in [1.29, 1.82) is 0 Å². The maximum atomic E-state index is 11.0. The SMILES string of the molecule is Cc1nc(N2CC=C(C(C)(C)C)CC2)ncc1C(=O)O. The van der Waals surface area contributed by atoms with E-state index in [1.807, 2.05) is 0 Å². The maximum Gasteiger partial charge on any atom is 0.339 e. The summed E-state index contributed by atoms with van der Waals surface area (Å²) < 4.78 is 0. The Balaban J connectivity index is 2.17. The molecule has 0 unspecified atom stereocenters. The smallest absolute Gasteiger partial charge is 0.339 e. The van der Waals surface area contributed by atoms with Gasteiger partial charge in [0.25, 0.3) is 0 Å². The molecule has 0 saturated carbocycles. The van der Waals surface area contributed by atoms with Gasteiger partial charge in [-0.1, -0.05) is 32.4 Å². The second kappa shape index (κ2) is 5.23. The molecule has 0 radical (unpaired) electrons. The van der Waals surface area contributed by atoms with Crippen molar-refractivity contribution in [1.82, 2.24) is 9.97 Å². The average molecular weight is 275 g/mol. The summed E-state index contributed by atoms with van der Waals surface area (Å²) in [6, 6.07) is 0. The highest BCUT2D eigenvalue weighted by atomic mass is 16.4. The molecule has 0 fully saturated rings. The number of aromatic carboxylic acids is 1. The number of aromatic nitrogens is 2. The van der Waals surface area contributed by atoms with Gasteiger partial charge in [0.15, 0.2) is 0 Å². The quantitative estimate of drug-likeness (QED) is 0.840. The van der Waals surface area contributed by atoms with E-state index in [1.54, 1.807) is 6.92 Å². The van der Waals surface area contributed by atoms with Gasteiger partial charge in [0.2, 0.25) is 5.95 Å². The first-order valence-corrected chi connectivity index (χ1v) is 6.80. The van der Waals surface area contributed by atoms with Crippen molar-refractivity contribution < 1.29 is 9.90 Å². The lowest BCUT2D eigenvalue weighted by Gasteiger charge is -2.32. The van der Waals surface area contributed by atoms with Crippen LogP contribution in [0.25, 0.3) is 0 Å². The van der Waals surface area contributed by atoms with Crippen LogP contribution in [-0.4, -0.2) is 34.1 Å². The number of hydrogen-bond acceptors (Lipinski definition) is 4. The Bertz CT molecular complexity index is 559. The zero-order valence-corrected chi connectivity index (χ0v) is 12.5. The minimum atomic E-state index is -0.984. The topological polar surface area (TPSA) is 66.3 Å². The zero-order valence-electron chi connectivity index (χ0n) is 12.5. The first-order chi connectivity index (χ1) is 9.29. The first kappa shape index (κ1) is 14.5. The lowest BCUT2D eigenvalue weighted by molar-refractivity contribution is 0.0695. The van der Waals surface area contributed by atoms with Crippen LogP contribution in [0, 0.1) is 12.3 Å². The molecule has 0 spiro atoms. The molecule has 1 aliphatic rings. The van der Waals surface area contributed by atoms with E-state index in [-0.39, 0.29) is 11.0 Å². The van der Waals surface area contributed by atoms with E-state index in [4.69, 9.17) is 5.11 Å². The van der Waals surface area contributed by atoms with Crippen LogP contribution in [0.15, 0.2) is 17.8 Å². The predicted molar refractivity (Wildman–Crippen MR) is 78.1 cm³/mol. The number of rotatable bonds is 2. The molecule has 0 aromatic carbocycles. The Labute approximate surface area is 119 Å². The van der Waals surface area contributed by atoms with E-state index in [1.165, 1.54) is 11.8 Å². The highest BCUT2D eigenvalue weighted by Gasteiger charge is 2.22. The highest BCUT2D eigenvalue weighted by molar-refractivity contribution is 5.88. The zero-order chi connectivity index (χ0) is 14.9. The molecule has 20 heavy (non-hydrogen) atoms. The van der Waals surface area contributed by atoms with Crippen LogP contribution in [0.3, 0.4) is 0 Å². The molecule has 0 bridgehead atoms. The fraction of sp³-hybridized carbons (Fsp3) is 0.533. The lowest BCUT2D eigenvalue weighted by Crippen LogP contribution is -2.32. The summed E-state index contributed by atoms with van der Waals surface area (Å²) in [6.07, 6.45) is 4.61. The summed E-state index contributed by atoms with van der Waals surface area (Å²) >= 11 is 0. The summed E-state index contributed by atoms with van der Waals surface area (Å²) in [5.74, 6) is -0.376. The van der Waals surface area contributed by atoms with E-state index in [9.17, 15) is 4.79 Å². The van der Waals surface area contributed by atoms with Crippen molar-refractivity contribution in [3.63, 3.8) is 0 Å². The Morgan fingerprint density at radius 3 is 2.55 bits per heavy atom. The van der Waals surface area contributed by atoms with Crippen molar-refractivity contribution in [2.24, 2.45) is 5.41 Å². The van der Waals surface area contributed by atoms with Crippen molar-refractivity contribution in [2.75, 3.05) is 18.0 Å². The third-order valence-electron chi connectivity index (χ3n) is 3.65. The van der Waals surface area contributed by atoms with Gasteiger partial charge in [0, 0.05) is 19.3 Å². The van der Waals surface area contributed by atoms with Gasteiger partial charge in [0.05, 0.1) is 11.3 Å². The molecule has 0 aliphatic carbocycles. The molecule has 2 rings (SSSR count). The Hall–Kier alpha value is -1.91. The Kier molecular flexibility index (Phi) is 3.79. The van der Waals surface area contributed by atoms with E-state index >= 15 is 0 Å². The number of anilines is 1. The third-order valence-corrected chi connectivity index (χ3v) is 3.65. The van der Waals surface area contributed by atoms with Gasteiger partial charge in [-0.05, 0) is 18.8 Å². The largest absolute Gasteiger partial charge is 0.478 e. The van der Waals surface area contributed by atoms with Crippen molar-refractivity contribution in [3.05, 3.63) is 29.1 Å². The molecular formula is C15H21N3O2. The molecule has 1 aromatic rings. The number of hydrogen-bond donors (Lipinski definition) is 1. The van der Waals surface area contributed by atoms with Crippen LogP contribution < -0.4 is 4.90 Å². The third kappa shape index (κ3) is 2.98. The van der Waals surface area contributed by atoms with Crippen LogP contribution >= 0.6 is 0 Å². The predicted octanol–water partition coefficient (Wildman–Crippen LogP) is 2.67. The summed E-state index contributed by atoms with van der Waals surface area (Å²) in [7, 11) is 0. The minimum Gasteiger partial charge on any atom is -0.478 e. The van der Waals surface area contributed by atoms with Crippen molar-refractivity contribution in [2.45, 2.75) is 34.1 Å². The van der Waals surface area contributed by atoms with E-state index in [2.05, 4.69) is 41.7 Å². The first-order valence-electron chi connectivity index (χ1n) is 6.80. The molecule has 0 atom stereocenters. The van der Waals surface area contributed by atoms with Crippen LogP contribution in [0.4, 0.5) is 5.95 Å². The fourth-order valence-electron chi connectivity index (χ4n) is 2.35. The maximum absolute atomic E-state index is 11.0. The molecule has 5 heteroatoms. The van der Waals surface area contributed by atoms with E-state index in [0.717, 1.165) is 19.5 Å². The molecule has 0 amide bonds. The summed E-state index contributed by atoms with van der Waals surface area (Å²) in [4.78, 5) is 21.5. The van der Waals surface area contributed by atoms with Crippen LogP contribution in [0.2, 0.25) is 0 Å². The standard InChI is InChI=1S/C15H21N3O2/c1-10-12(13(19)20)9-16-14(17-10)18-7-5-11(6-8-18)15(2,3)4/h5,9H,6-8H2,1-4H3,(H,19,20). The number of carboxylic acids is 1. The molecular weight excluding hydrogens is 254 g/mol. The lowest BCUT2D eigenvalue weighted by atomic mass is 9.83. The van der Waals surface area contributed by atoms with Crippen molar-refractivity contribution in [3.8, 4) is 0 Å². The van der Waals surface area contributed by atoms with Crippen LogP contribution in [0.5, 0.6) is 0 Å². The Morgan fingerprint density at radius 2 is 2.10 bits per heavy atom. The number of carboxylic acid groups (broad SMARTS) is 1. The Morgan fingerprint density at radius 1 is 1.40 bits per heavy atom.